The molecule has 12 heavy (non-hydrogen) atoms. The fourth-order valence-electron chi connectivity index (χ4n) is 0. The monoisotopic (exact) mass is 232 g/mol. The molecule has 0 aliphatic heterocycles. The van der Waals surface area contributed by atoms with Gasteiger partial charge in [-0.3, -0.25) is 4.70 Å². The average molecular weight is 233 g/mol. The maximum Gasteiger partial charge on any atom is 0.187 e. The highest BCUT2D eigenvalue weighted by Crippen LogP contribution is 1.77. The van der Waals surface area contributed by atoms with Gasteiger partial charge in [0, 0.05) is 0 Å². The molecule has 0 aromatic carbocycles. The molecule has 0 fully saturated rings. The molecule has 0 radical (unpaired) electrons. The largest absolute Gasteiger partial charge is 0.269 e. The van der Waals surface area contributed by atoms with Crippen LogP contribution in [0.2, 0.25) is 0 Å². The van der Waals surface area contributed by atoms with Crippen molar-refractivity contribution in [3.8, 4) is 0 Å². The van der Waals surface area contributed by atoms with E-state index in [9.17, 15) is 0 Å². The summed E-state index contributed by atoms with van der Waals surface area (Å²) in [6.07, 6.45) is 5.28. The van der Waals surface area contributed by atoms with Gasteiger partial charge in [0.15, 0.2) is 34.7 Å². The fraction of sp³-hybridized carbons (Fsp3) is 1.00. The zero-order chi connectivity index (χ0) is 6.83. The molecule has 0 spiro atoms. The van der Waals surface area contributed by atoms with Crippen LogP contribution in [-0.4, -0.2) is 34.7 Å². The van der Waals surface area contributed by atoms with Crippen molar-refractivity contribution < 1.29 is 4.70 Å². The Bertz CT molecular complexity index is 25.0. The van der Waals surface area contributed by atoms with Crippen LogP contribution >= 0.6 is 12.4 Å². The molecule has 0 unspecified atom stereocenters. The van der Waals surface area contributed by atoms with Gasteiger partial charge in [-0.2, -0.15) is 0 Å². The van der Waals surface area contributed by atoms with Crippen molar-refractivity contribution >= 4 is 47.1 Å². The molecule has 0 aromatic heterocycles. The van der Waals surface area contributed by atoms with Crippen molar-refractivity contribution in [3.63, 3.8) is 0 Å². The first-order valence-electron chi connectivity index (χ1n) is 3.83. The van der Waals surface area contributed by atoms with Gasteiger partial charge in [-0.25, -0.2) is 0 Å². The van der Waals surface area contributed by atoms with Gasteiger partial charge in [0.2, 0.25) is 0 Å². The van der Waals surface area contributed by atoms with E-state index in [1.54, 1.807) is 0 Å². The van der Waals surface area contributed by atoms with Crippen LogP contribution in [0.15, 0.2) is 0 Å². The Hall–Kier alpha value is 1.28. The lowest BCUT2D eigenvalue weighted by Gasteiger charge is -1.68. The van der Waals surface area contributed by atoms with E-state index < -0.39 is 0 Å². The van der Waals surface area contributed by atoms with Crippen molar-refractivity contribution in [1.29, 1.82) is 0 Å². The van der Waals surface area contributed by atoms with E-state index in [0.717, 1.165) is 0 Å². The Kier molecular flexibility index (Phi) is 176. The maximum absolute atomic E-state index is 2.18. The van der Waals surface area contributed by atoms with Gasteiger partial charge in [-0.1, -0.05) is 53.4 Å². The molecule has 0 aliphatic rings. The van der Waals surface area contributed by atoms with Crippen molar-refractivity contribution in [1.82, 2.24) is 0 Å². The van der Waals surface area contributed by atoms with Gasteiger partial charge in [0.05, 0.1) is 0 Å². The van der Waals surface area contributed by atoms with Gasteiger partial charge in [0.1, 0.15) is 0 Å². The van der Waals surface area contributed by atoms with Crippen LogP contribution in [0.3, 0.4) is 0 Å². The minimum Gasteiger partial charge on any atom is -0.269 e. The third kappa shape index (κ3) is 111. The van der Waals surface area contributed by atoms with E-state index >= 15 is 0 Å². The molecular formula is C8H28Al2ClF. The van der Waals surface area contributed by atoms with Crippen molar-refractivity contribution in [3.05, 3.63) is 0 Å². The zero-order valence-corrected chi connectivity index (χ0v) is 8.46. The van der Waals surface area contributed by atoms with Gasteiger partial charge < -0.3 is 0 Å². The molecule has 0 bridgehead atoms. The summed E-state index contributed by atoms with van der Waals surface area (Å²) < 4.78 is 0. The maximum atomic E-state index is 2.18. The second kappa shape index (κ2) is 56.0. The molecule has 0 atom stereocenters. The van der Waals surface area contributed by atoms with E-state index in [0.29, 0.717) is 0 Å². The summed E-state index contributed by atoms with van der Waals surface area (Å²) in [5.74, 6) is 0. The lowest BCUT2D eigenvalue weighted by Crippen LogP contribution is -1.47. The van der Waals surface area contributed by atoms with Crippen LogP contribution in [0.4, 0.5) is 4.70 Å². The molecule has 4 heteroatoms. The molecule has 0 aliphatic carbocycles. The van der Waals surface area contributed by atoms with E-state index in [1.165, 1.54) is 25.7 Å². The molecular weight excluding hydrogens is 205 g/mol. The van der Waals surface area contributed by atoms with Crippen molar-refractivity contribution in [2.45, 2.75) is 53.4 Å². The average Bonchev–Trinajstić information content (AvgIpc) is 1.88. The third-order valence-electron chi connectivity index (χ3n) is 1.000. The van der Waals surface area contributed by atoms with E-state index in [1.807, 2.05) is 0 Å². The van der Waals surface area contributed by atoms with Crippen LogP contribution < -0.4 is 0 Å². The first kappa shape index (κ1) is 37.8. The Morgan fingerprint density at radius 2 is 0.667 bits per heavy atom. The summed E-state index contributed by atoms with van der Waals surface area (Å²) in [5, 5.41) is 0. The SMILES string of the molecule is CCCC.CCCC.Cl.F.[AlH3].[AlH3]. The molecule has 0 aromatic rings. The number of halogens is 2. The molecule has 0 N–H and O–H groups in total. The summed E-state index contributed by atoms with van der Waals surface area (Å²) in [6.45, 7) is 8.72. The first-order chi connectivity index (χ1) is 3.83. The van der Waals surface area contributed by atoms with Crippen LogP contribution in [0.1, 0.15) is 53.4 Å². The second-order valence-electron chi connectivity index (χ2n) is 2.00. The van der Waals surface area contributed by atoms with Crippen molar-refractivity contribution in [2.75, 3.05) is 0 Å². The third-order valence-corrected chi connectivity index (χ3v) is 1.000. The molecule has 0 saturated carbocycles. The number of unbranched alkanes of at least 4 members (excludes halogenated alkanes) is 2. The van der Waals surface area contributed by atoms with E-state index in [2.05, 4.69) is 27.7 Å². The van der Waals surface area contributed by atoms with E-state index in [4.69, 9.17) is 0 Å². The smallest absolute Gasteiger partial charge is 0.187 e. The molecule has 0 saturated heterocycles. The van der Waals surface area contributed by atoms with E-state index in [-0.39, 0.29) is 51.8 Å². The summed E-state index contributed by atoms with van der Waals surface area (Å²) in [6, 6.07) is 0. The lowest BCUT2D eigenvalue weighted by atomic mass is 10.4. The highest BCUT2D eigenvalue weighted by atomic mass is 35.5. The Balaban J connectivity index is -0.0000000112. The molecule has 0 nitrogen and oxygen atoms in total. The van der Waals surface area contributed by atoms with Crippen molar-refractivity contribution in [2.24, 2.45) is 0 Å². The number of rotatable bonds is 2. The van der Waals surface area contributed by atoms with Gasteiger partial charge >= 0.3 is 0 Å². The van der Waals surface area contributed by atoms with Gasteiger partial charge in [0.25, 0.3) is 0 Å². The Morgan fingerprint density at radius 1 is 0.583 bits per heavy atom. The van der Waals surface area contributed by atoms with Crippen LogP contribution in [0, 0.1) is 0 Å². The minimum absolute atomic E-state index is 0. The Labute approximate surface area is 105 Å². The Morgan fingerprint density at radius 3 is 0.667 bits per heavy atom. The predicted molar refractivity (Wildman–Crippen MR) is 70.8 cm³/mol. The molecule has 80 valence electrons. The highest BCUT2D eigenvalue weighted by molar-refractivity contribution is 5.85. The second-order valence-corrected chi connectivity index (χ2v) is 2.00. The predicted octanol–water partition coefficient (Wildman–Crippen LogP) is 1.82. The first-order valence-corrected chi connectivity index (χ1v) is 3.83. The van der Waals surface area contributed by atoms with Crippen LogP contribution in [0.5, 0.6) is 0 Å². The normalized spacial score (nSPS) is 5.00. The van der Waals surface area contributed by atoms with Gasteiger partial charge in [-0.15, -0.1) is 12.4 Å². The summed E-state index contributed by atoms with van der Waals surface area (Å²) in [4.78, 5) is 0. The summed E-state index contributed by atoms with van der Waals surface area (Å²) in [5.41, 5.74) is 0. The van der Waals surface area contributed by atoms with Crippen LogP contribution in [-0.2, 0) is 0 Å². The number of hydrogen-bond donors (Lipinski definition) is 0. The molecule has 0 heterocycles. The summed E-state index contributed by atoms with van der Waals surface area (Å²) in [7, 11) is 0. The summed E-state index contributed by atoms with van der Waals surface area (Å²) >= 11 is 0. The molecule has 0 amide bonds. The zero-order valence-electron chi connectivity index (χ0n) is 7.64. The molecule has 0 rings (SSSR count). The van der Waals surface area contributed by atoms with Gasteiger partial charge in [-0.05, 0) is 0 Å². The standard InChI is InChI=1S/2C4H10.2Al.ClH.FH.6H/c2*1-3-4-2;;;;;;;;;;/h2*3-4H2,1-2H3;;;2*1H;;;;;;. The van der Waals surface area contributed by atoms with Crippen LogP contribution in [0.25, 0.3) is 0 Å². The quantitative estimate of drug-likeness (QED) is 0.638. The highest BCUT2D eigenvalue weighted by Gasteiger charge is 1.56. The number of hydrogen-bond acceptors (Lipinski definition) is 0. The topological polar surface area (TPSA) is 0 Å². The fourth-order valence-corrected chi connectivity index (χ4v) is 0. The minimum atomic E-state index is 0. The lowest BCUT2D eigenvalue weighted by molar-refractivity contribution is 0.886.